The molecule has 0 spiro atoms. The standard InChI is InChI=1S/C37H33N2O4P/c1-40-32-20-17-26(22-33(32)41-2)37-30-23-34(42-3)35(43-4)24-31(30)38-36(39-37)21-25-15-18-29(19-16-25)44(27-11-7-5-8-12-27)28-13-9-6-10-14-28/h5-20,22-24H,21H2,1-4H3. The van der Waals surface area contributed by atoms with E-state index in [1.54, 1.807) is 28.4 Å². The van der Waals surface area contributed by atoms with Crippen LogP contribution < -0.4 is 34.9 Å². The first-order chi connectivity index (χ1) is 21.6. The molecule has 0 saturated heterocycles. The van der Waals surface area contributed by atoms with Gasteiger partial charge in [-0.3, -0.25) is 0 Å². The number of rotatable bonds is 10. The van der Waals surface area contributed by atoms with Gasteiger partial charge >= 0.3 is 0 Å². The average molecular weight is 601 g/mol. The van der Waals surface area contributed by atoms with Gasteiger partial charge in [0.15, 0.2) is 23.0 Å². The lowest BCUT2D eigenvalue weighted by Crippen LogP contribution is -2.20. The van der Waals surface area contributed by atoms with Crippen LogP contribution in [0.5, 0.6) is 23.0 Å². The summed E-state index contributed by atoms with van der Waals surface area (Å²) in [4.78, 5) is 10.1. The van der Waals surface area contributed by atoms with Crippen LogP contribution in [0.15, 0.2) is 115 Å². The van der Waals surface area contributed by atoms with Crippen molar-refractivity contribution in [2.75, 3.05) is 28.4 Å². The van der Waals surface area contributed by atoms with Crippen molar-refractivity contribution in [3.63, 3.8) is 0 Å². The Hall–Kier alpha value is -4.93. The number of fused-ring (bicyclic) bond motifs is 1. The SMILES string of the molecule is COc1ccc(-c2nc(Cc3ccc(P(c4ccccc4)c4ccccc4)cc3)nc3cc(OC)c(OC)cc23)cc1OC. The topological polar surface area (TPSA) is 62.7 Å². The van der Waals surface area contributed by atoms with Gasteiger partial charge in [-0.25, -0.2) is 9.97 Å². The highest BCUT2D eigenvalue weighted by molar-refractivity contribution is 7.79. The summed E-state index contributed by atoms with van der Waals surface area (Å²) in [5, 5.41) is 4.79. The van der Waals surface area contributed by atoms with Crippen molar-refractivity contribution in [2.45, 2.75) is 6.42 Å². The van der Waals surface area contributed by atoms with Gasteiger partial charge in [0.1, 0.15) is 5.82 Å². The summed E-state index contributed by atoms with van der Waals surface area (Å²) < 4.78 is 22.3. The normalized spacial score (nSPS) is 11.0. The zero-order valence-electron chi connectivity index (χ0n) is 25.2. The molecule has 0 radical (unpaired) electrons. The van der Waals surface area contributed by atoms with Crippen LogP contribution >= 0.6 is 7.92 Å². The van der Waals surface area contributed by atoms with Crippen LogP contribution in [-0.4, -0.2) is 38.4 Å². The van der Waals surface area contributed by atoms with E-state index in [1.807, 2.05) is 30.3 Å². The van der Waals surface area contributed by atoms with Crippen LogP contribution in [0.2, 0.25) is 0 Å². The van der Waals surface area contributed by atoms with E-state index >= 15 is 0 Å². The first kappa shape index (κ1) is 29.2. The fourth-order valence-electron chi connectivity index (χ4n) is 5.33. The second kappa shape index (κ2) is 13.2. The molecule has 7 heteroatoms. The predicted molar refractivity (Wildman–Crippen MR) is 179 cm³/mol. The molecule has 220 valence electrons. The molecule has 6 rings (SSSR count). The number of hydrogen-bond acceptors (Lipinski definition) is 6. The Labute approximate surface area is 259 Å². The van der Waals surface area contributed by atoms with E-state index in [9.17, 15) is 0 Å². The number of ether oxygens (including phenoxy) is 4. The molecule has 44 heavy (non-hydrogen) atoms. The minimum Gasteiger partial charge on any atom is -0.493 e. The van der Waals surface area contributed by atoms with Gasteiger partial charge in [-0.1, -0.05) is 84.9 Å². The summed E-state index contributed by atoms with van der Waals surface area (Å²) in [5.74, 6) is 3.21. The second-order valence-electron chi connectivity index (χ2n) is 10.1. The molecule has 0 aliphatic carbocycles. The van der Waals surface area contributed by atoms with E-state index in [0.717, 1.165) is 27.7 Å². The zero-order valence-corrected chi connectivity index (χ0v) is 26.0. The van der Waals surface area contributed by atoms with Crippen molar-refractivity contribution in [3.05, 3.63) is 127 Å². The minimum absolute atomic E-state index is 0.569. The third-order valence-corrected chi connectivity index (χ3v) is 9.93. The molecule has 0 aliphatic rings. The largest absolute Gasteiger partial charge is 0.493 e. The molecule has 0 fully saturated rings. The number of aromatic nitrogens is 2. The molecular weight excluding hydrogens is 567 g/mol. The molecule has 0 bridgehead atoms. The van der Waals surface area contributed by atoms with Gasteiger partial charge < -0.3 is 18.9 Å². The molecule has 6 aromatic rings. The Morgan fingerprint density at radius 2 is 1.07 bits per heavy atom. The fraction of sp³-hybridized carbons (Fsp3) is 0.135. The maximum atomic E-state index is 5.61. The maximum absolute atomic E-state index is 5.61. The van der Waals surface area contributed by atoms with Crippen LogP contribution in [0.4, 0.5) is 0 Å². The number of benzene rings is 5. The number of methoxy groups -OCH3 is 4. The van der Waals surface area contributed by atoms with Crippen LogP contribution in [-0.2, 0) is 6.42 Å². The van der Waals surface area contributed by atoms with Gasteiger partial charge in [-0.05, 0) is 53.7 Å². The highest BCUT2D eigenvalue weighted by Gasteiger charge is 2.18. The Kier molecular flexibility index (Phi) is 8.71. The van der Waals surface area contributed by atoms with E-state index < -0.39 is 7.92 Å². The summed E-state index contributed by atoms with van der Waals surface area (Å²) in [5.41, 5.74) is 3.56. The Morgan fingerprint density at radius 1 is 0.523 bits per heavy atom. The van der Waals surface area contributed by atoms with Gasteiger partial charge in [-0.15, -0.1) is 0 Å². The van der Waals surface area contributed by atoms with Gasteiger partial charge in [0.25, 0.3) is 0 Å². The number of hydrogen-bond donors (Lipinski definition) is 0. The first-order valence-corrected chi connectivity index (χ1v) is 15.6. The predicted octanol–water partition coefficient (Wildman–Crippen LogP) is 6.68. The van der Waals surface area contributed by atoms with E-state index in [0.29, 0.717) is 35.2 Å². The average Bonchev–Trinajstić information content (AvgIpc) is 3.08. The summed E-state index contributed by atoms with van der Waals surface area (Å²) in [6, 6.07) is 39.9. The lowest BCUT2D eigenvalue weighted by atomic mass is 10.0. The highest BCUT2D eigenvalue weighted by atomic mass is 31.1. The first-order valence-electron chi connectivity index (χ1n) is 14.3. The molecule has 0 aliphatic heterocycles. The zero-order chi connectivity index (χ0) is 30.5. The van der Waals surface area contributed by atoms with E-state index in [1.165, 1.54) is 15.9 Å². The summed E-state index contributed by atoms with van der Waals surface area (Å²) in [7, 11) is 5.83. The summed E-state index contributed by atoms with van der Waals surface area (Å²) >= 11 is 0. The number of nitrogens with zero attached hydrogens (tertiary/aromatic N) is 2. The summed E-state index contributed by atoms with van der Waals surface area (Å²) in [6.45, 7) is 0. The molecule has 1 aromatic heterocycles. The third-order valence-electron chi connectivity index (χ3n) is 7.49. The fourth-order valence-corrected chi connectivity index (χ4v) is 7.62. The van der Waals surface area contributed by atoms with E-state index in [2.05, 4.69) is 84.9 Å². The van der Waals surface area contributed by atoms with Crippen molar-refractivity contribution in [1.29, 1.82) is 0 Å². The Balaban J connectivity index is 1.40. The Morgan fingerprint density at radius 3 is 1.66 bits per heavy atom. The second-order valence-corrected chi connectivity index (χ2v) is 12.4. The van der Waals surface area contributed by atoms with Crippen molar-refractivity contribution in [1.82, 2.24) is 9.97 Å². The molecule has 1 heterocycles. The molecule has 0 unspecified atom stereocenters. The summed E-state index contributed by atoms with van der Waals surface area (Å²) in [6.07, 6.45) is 0.569. The van der Waals surface area contributed by atoms with Crippen LogP contribution in [0.3, 0.4) is 0 Å². The molecule has 6 nitrogen and oxygen atoms in total. The van der Waals surface area contributed by atoms with Gasteiger partial charge in [-0.2, -0.15) is 0 Å². The van der Waals surface area contributed by atoms with Gasteiger partial charge in [0.05, 0.1) is 39.6 Å². The lowest BCUT2D eigenvalue weighted by Gasteiger charge is -2.19. The molecule has 5 aromatic carbocycles. The van der Waals surface area contributed by atoms with Crippen LogP contribution in [0, 0.1) is 0 Å². The highest BCUT2D eigenvalue weighted by Crippen LogP contribution is 2.38. The van der Waals surface area contributed by atoms with Crippen molar-refractivity contribution in [3.8, 4) is 34.3 Å². The van der Waals surface area contributed by atoms with Crippen molar-refractivity contribution in [2.24, 2.45) is 0 Å². The lowest BCUT2D eigenvalue weighted by molar-refractivity contribution is 0.355. The monoisotopic (exact) mass is 600 g/mol. The molecule has 0 amide bonds. The maximum Gasteiger partial charge on any atom is 0.162 e. The third kappa shape index (κ3) is 5.95. The van der Waals surface area contributed by atoms with Crippen LogP contribution in [0.25, 0.3) is 22.2 Å². The van der Waals surface area contributed by atoms with E-state index in [4.69, 9.17) is 28.9 Å². The van der Waals surface area contributed by atoms with Crippen molar-refractivity contribution < 1.29 is 18.9 Å². The molecular formula is C37H33N2O4P. The minimum atomic E-state index is -0.676. The quantitative estimate of drug-likeness (QED) is 0.164. The van der Waals surface area contributed by atoms with Crippen LogP contribution in [0.1, 0.15) is 11.4 Å². The van der Waals surface area contributed by atoms with Gasteiger partial charge in [0.2, 0.25) is 0 Å². The van der Waals surface area contributed by atoms with E-state index in [-0.39, 0.29) is 0 Å². The van der Waals surface area contributed by atoms with Gasteiger partial charge in [0, 0.05) is 23.4 Å². The smallest absolute Gasteiger partial charge is 0.162 e. The van der Waals surface area contributed by atoms with Crippen molar-refractivity contribution >= 4 is 34.7 Å². The molecule has 0 N–H and O–H groups in total. The Bertz CT molecular complexity index is 1840. The molecule has 0 atom stereocenters. The molecule has 0 saturated carbocycles.